The Morgan fingerprint density at radius 3 is 2.54 bits per heavy atom. The number of carbonyl (C=O) groups excluding carboxylic acids is 2. The highest BCUT2D eigenvalue weighted by atomic mass is 35.5. The molecule has 11 heteroatoms. The number of pyridine rings is 1. The van der Waals surface area contributed by atoms with Crippen molar-refractivity contribution in [2.75, 3.05) is 0 Å². The number of aromatic amines is 1. The molecule has 196 valence electrons. The normalized spacial score (nSPS) is 13.8. The van der Waals surface area contributed by atoms with E-state index in [1.54, 1.807) is 6.92 Å². The average Bonchev–Trinajstić information content (AvgIpc) is 3.51. The standard InChI is InChI=1S/C28H23ClN6O4/c1-16-32-25(34-39-16)24-23(29)20-4-2-3-5-21(20)35(24)19-9-6-17(7-10-19)14-31-27(38)28(12-13-28)33-26(37)18-8-11-22(36)30-15-18/h2-11,15H,12-14H2,1H3,(H,30,36)(H,31,38)(H,33,37). The Kier molecular flexibility index (Phi) is 6.03. The van der Waals surface area contributed by atoms with Gasteiger partial charge in [-0.3, -0.25) is 14.4 Å². The summed E-state index contributed by atoms with van der Waals surface area (Å²) in [5.74, 6) is 0.173. The van der Waals surface area contributed by atoms with Crippen molar-refractivity contribution in [1.82, 2.24) is 30.3 Å². The second-order valence-electron chi connectivity index (χ2n) is 9.48. The zero-order chi connectivity index (χ0) is 27.1. The number of nitrogens with one attached hydrogen (secondary N) is 3. The monoisotopic (exact) mass is 542 g/mol. The molecule has 3 N–H and O–H groups in total. The Morgan fingerprint density at radius 1 is 1.10 bits per heavy atom. The Balaban J connectivity index is 1.19. The van der Waals surface area contributed by atoms with Crippen LogP contribution in [0.15, 0.2) is 76.2 Å². The maximum Gasteiger partial charge on any atom is 0.253 e. The first-order valence-corrected chi connectivity index (χ1v) is 12.7. The first-order chi connectivity index (χ1) is 18.8. The molecule has 0 bridgehead atoms. The maximum absolute atomic E-state index is 12.9. The number of para-hydroxylation sites is 1. The highest BCUT2D eigenvalue weighted by Crippen LogP contribution is 2.39. The van der Waals surface area contributed by atoms with Crippen molar-refractivity contribution < 1.29 is 14.1 Å². The summed E-state index contributed by atoms with van der Waals surface area (Å²) in [6, 6.07) is 18.2. The highest BCUT2D eigenvalue weighted by molar-refractivity contribution is 6.38. The smallest absolute Gasteiger partial charge is 0.253 e. The SMILES string of the molecule is Cc1nc(-c2c(Cl)c3ccccc3n2-c2ccc(CNC(=O)C3(NC(=O)c4ccc(=O)[nH]c4)CC3)cc2)no1. The second-order valence-corrected chi connectivity index (χ2v) is 9.86. The molecule has 0 spiro atoms. The van der Waals surface area contributed by atoms with Gasteiger partial charge in [0.1, 0.15) is 11.2 Å². The van der Waals surface area contributed by atoms with Crippen molar-refractivity contribution in [2.24, 2.45) is 0 Å². The quantitative estimate of drug-likeness (QED) is 0.285. The van der Waals surface area contributed by atoms with E-state index >= 15 is 0 Å². The number of rotatable bonds is 7. The molecule has 39 heavy (non-hydrogen) atoms. The number of H-pyrrole nitrogens is 1. The lowest BCUT2D eigenvalue weighted by atomic mass is 10.1. The summed E-state index contributed by atoms with van der Waals surface area (Å²) in [5.41, 5.74) is 2.31. The van der Waals surface area contributed by atoms with E-state index in [2.05, 4.69) is 25.8 Å². The molecule has 6 rings (SSSR count). The predicted octanol–water partition coefficient (Wildman–Crippen LogP) is 3.91. The van der Waals surface area contributed by atoms with Crippen LogP contribution in [0.4, 0.5) is 0 Å². The number of hydrogen-bond acceptors (Lipinski definition) is 6. The lowest BCUT2D eigenvalue weighted by Crippen LogP contribution is -2.48. The summed E-state index contributed by atoms with van der Waals surface area (Å²) < 4.78 is 7.19. The molecule has 2 aromatic carbocycles. The third-order valence-corrected chi connectivity index (χ3v) is 7.17. The van der Waals surface area contributed by atoms with Crippen LogP contribution in [-0.4, -0.2) is 37.0 Å². The van der Waals surface area contributed by atoms with Gasteiger partial charge >= 0.3 is 0 Å². The summed E-state index contributed by atoms with van der Waals surface area (Å²) in [5, 5.41) is 11.2. The van der Waals surface area contributed by atoms with E-state index in [-0.39, 0.29) is 17.0 Å². The lowest BCUT2D eigenvalue weighted by Gasteiger charge is -2.17. The van der Waals surface area contributed by atoms with E-state index in [9.17, 15) is 14.4 Å². The van der Waals surface area contributed by atoms with Crippen LogP contribution < -0.4 is 16.2 Å². The fourth-order valence-electron chi connectivity index (χ4n) is 4.55. The van der Waals surface area contributed by atoms with Crippen molar-refractivity contribution in [1.29, 1.82) is 0 Å². The molecule has 10 nitrogen and oxygen atoms in total. The molecule has 3 aromatic heterocycles. The molecule has 1 fully saturated rings. The van der Waals surface area contributed by atoms with Gasteiger partial charge in [0, 0.05) is 36.8 Å². The van der Waals surface area contributed by atoms with E-state index < -0.39 is 11.4 Å². The van der Waals surface area contributed by atoms with Crippen molar-refractivity contribution >= 4 is 34.3 Å². The molecule has 0 saturated heterocycles. The molecule has 2 amide bonds. The van der Waals surface area contributed by atoms with Gasteiger partial charge in [-0.2, -0.15) is 4.98 Å². The van der Waals surface area contributed by atoms with Gasteiger partial charge in [-0.15, -0.1) is 0 Å². The molecule has 0 radical (unpaired) electrons. The van der Waals surface area contributed by atoms with E-state index in [4.69, 9.17) is 16.1 Å². The minimum Gasteiger partial charge on any atom is -0.350 e. The van der Waals surface area contributed by atoms with Crippen molar-refractivity contribution in [3.05, 3.63) is 99.3 Å². The number of hydrogen-bond donors (Lipinski definition) is 3. The minimum absolute atomic E-state index is 0.248. The van der Waals surface area contributed by atoms with Crippen LogP contribution in [0.5, 0.6) is 0 Å². The van der Waals surface area contributed by atoms with E-state index in [1.807, 2.05) is 53.1 Å². The van der Waals surface area contributed by atoms with Crippen LogP contribution in [0.1, 0.15) is 34.7 Å². The fraction of sp³-hybridized carbons (Fsp3) is 0.179. The van der Waals surface area contributed by atoms with E-state index in [0.717, 1.165) is 22.2 Å². The molecular formula is C28H23ClN6O4. The number of aryl methyl sites for hydroxylation is 1. The summed E-state index contributed by atoms with van der Waals surface area (Å²) >= 11 is 6.77. The first kappa shape index (κ1) is 24.6. The third-order valence-electron chi connectivity index (χ3n) is 6.78. The van der Waals surface area contributed by atoms with Crippen LogP contribution in [0, 0.1) is 6.92 Å². The van der Waals surface area contributed by atoms with Gasteiger partial charge in [0.2, 0.25) is 23.2 Å². The molecular weight excluding hydrogens is 520 g/mol. The Morgan fingerprint density at radius 2 is 1.87 bits per heavy atom. The van der Waals surface area contributed by atoms with Crippen LogP contribution in [0.3, 0.4) is 0 Å². The number of halogens is 1. The number of amides is 2. The minimum atomic E-state index is -0.939. The number of nitrogens with zero attached hydrogens (tertiary/aromatic N) is 3. The molecule has 1 saturated carbocycles. The molecule has 1 aliphatic carbocycles. The van der Waals surface area contributed by atoms with Gasteiger partial charge in [-0.1, -0.05) is 47.1 Å². The predicted molar refractivity (Wildman–Crippen MR) is 145 cm³/mol. The first-order valence-electron chi connectivity index (χ1n) is 12.3. The zero-order valence-corrected chi connectivity index (χ0v) is 21.6. The van der Waals surface area contributed by atoms with Gasteiger partial charge in [-0.25, -0.2) is 0 Å². The van der Waals surface area contributed by atoms with Crippen molar-refractivity contribution in [3.63, 3.8) is 0 Å². The van der Waals surface area contributed by atoms with Gasteiger partial charge in [0.15, 0.2) is 0 Å². The van der Waals surface area contributed by atoms with Crippen molar-refractivity contribution in [3.8, 4) is 17.2 Å². The lowest BCUT2D eigenvalue weighted by molar-refractivity contribution is -0.124. The number of carbonyl (C=O) groups is 2. The average molecular weight is 543 g/mol. The van der Waals surface area contributed by atoms with Crippen molar-refractivity contribution in [2.45, 2.75) is 31.8 Å². The third kappa shape index (κ3) is 4.59. The second kappa shape index (κ2) is 9.55. The molecule has 5 aromatic rings. The Hall–Kier alpha value is -4.70. The van der Waals surface area contributed by atoms with E-state index in [0.29, 0.717) is 41.8 Å². The summed E-state index contributed by atoms with van der Waals surface area (Å²) in [7, 11) is 0. The Bertz CT molecular complexity index is 1760. The molecule has 3 heterocycles. The maximum atomic E-state index is 12.9. The topological polar surface area (TPSA) is 135 Å². The van der Waals surface area contributed by atoms with Crippen LogP contribution in [0.25, 0.3) is 28.1 Å². The molecule has 0 aliphatic heterocycles. The van der Waals surface area contributed by atoms with Crippen LogP contribution in [0.2, 0.25) is 5.02 Å². The Labute approximate surface area is 227 Å². The fourth-order valence-corrected chi connectivity index (χ4v) is 4.88. The number of aromatic nitrogens is 4. The van der Waals surface area contributed by atoms with Crippen LogP contribution >= 0.6 is 11.6 Å². The van der Waals surface area contributed by atoms with Gasteiger partial charge in [0.25, 0.3) is 5.91 Å². The van der Waals surface area contributed by atoms with Gasteiger partial charge in [0.05, 0.1) is 16.1 Å². The molecule has 0 unspecified atom stereocenters. The summed E-state index contributed by atoms with van der Waals surface area (Å²) in [4.78, 5) is 43.6. The number of fused-ring (bicyclic) bond motifs is 1. The summed E-state index contributed by atoms with van der Waals surface area (Å²) in [6.07, 6.45) is 2.43. The molecule has 1 aliphatic rings. The summed E-state index contributed by atoms with van der Waals surface area (Å²) in [6.45, 7) is 2.01. The van der Waals surface area contributed by atoms with Crippen LogP contribution in [-0.2, 0) is 11.3 Å². The zero-order valence-electron chi connectivity index (χ0n) is 20.8. The molecule has 0 atom stereocenters. The van der Waals surface area contributed by atoms with Gasteiger partial charge in [-0.05, 0) is 42.7 Å². The van der Waals surface area contributed by atoms with E-state index in [1.165, 1.54) is 18.3 Å². The largest absolute Gasteiger partial charge is 0.350 e. The highest BCUT2D eigenvalue weighted by Gasteiger charge is 2.51. The van der Waals surface area contributed by atoms with Gasteiger partial charge < -0.3 is 24.7 Å². The number of benzene rings is 2.